The summed E-state index contributed by atoms with van der Waals surface area (Å²) in [6, 6.07) is 3.42. The van der Waals surface area contributed by atoms with Gasteiger partial charge in [-0.2, -0.15) is 4.31 Å². The molecule has 26 heavy (non-hydrogen) atoms. The van der Waals surface area contributed by atoms with Gasteiger partial charge in [0.2, 0.25) is 15.9 Å². The summed E-state index contributed by atoms with van der Waals surface area (Å²) in [5.41, 5.74) is 1.45. The van der Waals surface area contributed by atoms with Crippen molar-refractivity contribution in [3.63, 3.8) is 0 Å². The number of hydrogen-bond donors (Lipinski definition) is 0. The maximum absolute atomic E-state index is 13.0. The number of rotatable bonds is 6. The van der Waals surface area contributed by atoms with Gasteiger partial charge in [-0.1, -0.05) is 0 Å². The third-order valence-corrected chi connectivity index (χ3v) is 6.72. The minimum absolute atomic E-state index is 0.0761. The molecular formula is C18H29N3O4S. The predicted molar refractivity (Wildman–Crippen MR) is 101 cm³/mol. The SMILES string of the molecule is COc1cc(C)c(S(=O)(=O)N2CCN(C(=O)CCN(C)C)CC2)cc1C. The lowest BCUT2D eigenvalue weighted by molar-refractivity contribution is -0.132. The Morgan fingerprint density at radius 1 is 1.12 bits per heavy atom. The number of carbonyl (C=O) groups is 1. The van der Waals surface area contributed by atoms with Gasteiger partial charge >= 0.3 is 0 Å². The van der Waals surface area contributed by atoms with Crippen LogP contribution < -0.4 is 4.74 Å². The number of benzene rings is 1. The molecular weight excluding hydrogens is 354 g/mol. The summed E-state index contributed by atoms with van der Waals surface area (Å²) >= 11 is 0. The molecule has 0 spiro atoms. The maximum Gasteiger partial charge on any atom is 0.243 e. The second-order valence-corrected chi connectivity index (χ2v) is 8.83. The zero-order valence-electron chi connectivity index (χ0n) is 16.3. The van der Waals surface area contributed by atoms with Crippen LogP contribution in [0.1, 0.15) is 17.5 Å². The van der Waals surface area contributed by atoms with E-state index in [9.17, 15) is 13.2 Å². The fourth-order valence-corrected chi connectivity index (χ4v) is 4.77. The first kappa shape index (κ1) is 20.7. The average Bonchev–Trinajstić information content (AvgIpc) is 2.61. The molecule has 7 nitrogen and oxygen atoms in total. The second kappa shape index (κ2) is 8.37. The quantitative estimate of drug-likeness (QED) is 0.736. The summed E-state index contributed by atoms with van der Waals surface area (Å²) in [6.45, 7) is 5.80. The van der Waals surface area contributed by atoms with E-state index in [0.717, 1.165) is 5.56 Å². The Bertz CT molecular complexity index is 754. The Morgan fingerprint density at radius 3 is 2.27 bits per heavy atom. The zero-order valence-corrected chi connectivity index (χ0v) is 17.1. The van der Waals surface area contributed by atoms with Gasteiger partial charge in [0.25, 0.3) is 0 Å². The number of carbonyl (C=O) groups excluding carboxylic acids is 1. The molecule has 1 amide bonds. The van der Waals surface area contributed by atoms with Crippen LogP contribution in [0, 0.1) is 13.8 Å². The normalized spacial score (nSPS) is 16.2. The molecule has 0 atom stereocenters. The molecule has 1 saturated heterocycles. The van der Waals surface area contributed by atoms with Crippen molar-refractivity contribution < 1.29 is 17.9 Å². The predicted octanol–water partition coefficient (Wildman–Crippen LogP) is 1.10. The fraction of sp³-hybridized carbons (Fsp3) is 0.611. The number of ether oxygens (including phenoxy) is 1. The van der Waals surface area contributed by atoms with Gasteiger partial charge in [0.05, 0.1) is 12.0 Å². The van der Waals surface area contributed by atoms with Gasteiger partial charge in [-0.15, -0.1) is 0 Å². The second-order valence-electron chi connectivity index (χ2n) is 6.93. The van der Waals surface area contributed by atoms with Crippen molar-refractivity contribution in [2.45, 2.75) is 25.2 Å². The monoisotopic (exact) mass is 383 g/mol. The summed E-state index contributed by atoms with van der Waals surface area (Å²) in [4.78, 5) is 16.2. The van der Waals surface area contributed by atoms with Gasteiger partial charge in [-0.3, -0.25) is 4.79 Å². The van der Waals surface area contributed by atoms with Crippen LogP contribution in [0.15, 0.2) is 17.0 Å². The lowest BCUT2D eigenvalue weighted by Gasteiger charge is -2.34. The summed E-state index contributed by atoms with van der Waals surface area (Å²) in [6.07, 6.45) is 0.455. The van der Waals surface area contributed by atoms with E-state index >= 15 is 0 Å². The van der Waals surface area contributed by atoms with E-state index in [1.807, 2.05) is 25.9 Å². The van der Waals surface area contributed by atoms with E-state index in [4.69, 9.17) is 4.74 Å². The molecule has 0 bridgehead atoms. The first-order valence-corrected chi connectivity index (χ1v) is 10.2. The summed E-state index contributed by atoms with van der Waals surface area (Å²) in [7, 11) is 1.84. The molecule has 0 aromatic heterocycles. The smallest absolute Gasteiger partial charge is 0.243 e. The third-order valence-electron chi connectivity index (χ3n) is 4.67. The van der Waals surface area contributed by atoms with Crippen molar-refractivity contribution in [3.05, 3.63) is 23.3 Å². The molecule has 0 aliphatic carbocycles. The Labute approximate surface area is 156 Å². The van der Waals surface area contributed by atoms with Crippen molar-refractivity contribution in [2.24, 2.45) is 0 Å². The van der Waals surface area contributed by atoms with Gasteiger partial charge in [0.1, 0.15) is 5.75 Å². The summed E-state index contributed by atoms with van der Waals surface area (Å²) < 4.78 is 32.8. The Hall–Kier alpha value is -1.64. The first-order valence-electron chi connectivity index (χ1n) is 8.74. The van der Waals surface area contributed by atoms with Gasteiger partial charge < -0.3 is 14.5 Å². The highest BCUT2D eigenvalue weighted by Gasteiger charge is 2.31. The molecule has 0 saturated carbocycles. The van der Waals surface area contributed by atoms with E-state index < -0.39 is 10.0 Å². The highest BCUT2D eigenvalue weighted by atomic mass is 32.2. The van der Waals surface area contributed by atoms with Crippen molar-refractivity contribution >= 4 is 15.9 Å². The van der Waals surface area contributed by atoms with Crippen molar-refractivity contribution in [1.82, 2.24) is 14.1 Å². The molecule has 0 radical (unpaired) electrons. The Morgan fingerprint density at radius 2 is 1.73 bits per heavy atom. The lowest BCUT2D eigenvalue weighted by Crippen LogP contribution is -2.50. The molecule has 1 heterocycles. The van der Waals surface area contributed by atoms with Crippen LogP contribution in [0.4, 0.5) is 0 Å². The largest absolute Gasteiger partial charge is 0.496 e. The van der Waals surface area contributed by atoms with E-state index in [2.05, 4.69) is 0 Å². The van der Waals surface area contributed by atoms with Crippen LogP contribution >= 0.6 is 0 Å². The molecule has 146 valence electrons. The molecule has 0 N–H and O–H groups in total. The van der Waals surface area contributed by atoms with Crippen LogP contribution in [-0.2, 0) is 14.8 Å². The molecule has 0 unspecified atom stereocenters. The van der Waals surface area contributed by atoms with Crippen molar-refractivity contribution in [1.29, 1.82) is 0 Å². The number of hydrogen-bond acceptors (Lipinski definition) is 5. The number of amides is 1. The van der Waals surface area contributed by atoms with Crippen LogP contribution in [0.2, 0.25) is 0 Å². The number of piperazine rings is 1. The first-order chi connectivity index (χ1) is 12.2. The van der Waals surface area contributed by atoms with E-state index in [1.54, 1.807) is 31.1 Å². The number of sulfonamides is 1. The van der Waals surface area contributed by atoms with E-state index in [0.29, 0.717) is 55.4 Å². The average molecular weight is 384 g/mol. The van der Waals surface area contributed by atoms with Crippen molar-refractivity contribution in [2.75, 3.05) is 53.9 Å². The highest BCUT2D eigenvalue weighted by molar-refractivity contribution is 7.89. The van der Waals surface area contributed by atoms with Crippen molar-refractivity contribution in [3.8, 4) is 5.75 Å². The van der Waals surface area contributed by atoms with Crippen LogP contribution in [0.25, 0.3) is 0 Å². The van der Waals surface area contributed by atoms with E-state index in [1.165, 1.54) is 4.31 Å². The molecule has 8 heteroatoms. The molecule has 1 aromatic rings. The zero-order chi connectivity index (χ0) is 19.5. The van der Waals surface area contributed by atoms with Crippen LogP contribution in [-0.4, -0.2) is 82.4 Å². The number of nitrogens with zero attached hydrogens (tertiary/aromatic N) is 3. The van der Waals surface area contributed by atoms with Gasteiger partial charge in [-0.25, -0.2) is 8.42 Å². The minimum Gasteiger partial charge on any atom is -0.496 e. The van der Waals surface area contributed by atoms with Crippen LogP contribution in [0.3, 0.4) is 0 Å². The third kappa shape index (κ3) is 4.55. The van der Waals surface area contributed by atoms with E-state index in [-0.39, 0.29) is 5.91 Å². The molecule has 1 aromatic carbocycles. The fourth-order valence-electron chi connectivity index (χ4n) is 3.06. The molecule has 1 aliphatic rings. The molecule has 1 aliphatic heterocycles. The lowest BCUT2D eigenvalue weighted by atomic mass is 10.1. The molecule has 2 rings (SSSR count). The topological polar surface area (TPSA) is 70.2 Å². The Balaban J connectivity index is 2.09. The minimum atomic E-state index is -3.58. The standard InChI is InChI=1S/C18H29N3O4S/c1-14-13-17(15(2)12-16(14)25-5)26(23,24)21-10-8-20(9-11-21)18(22)6-7-19(3)4/h12-13H,6-11H2,1-5H3. The summed E-state index contributed by atoms with van der Waals surface area (Å²) in [5, 5.41) is 0. The van der Waals surface area contributed by atoms with Gasteiger partial charge in [-0.05, 0) is 51.2 Å². The van der Waals surface area contributed by atoms with Gasteiger partial charge in [0, 0.05) is 39.1 Å². The molecule has 1 fully saturated rings. The van der Waals surface area contributed by atoms with Crippen LogP contribution in [0.5, 0.6) is 5.75 Å². The maximum atomic E-state index is 13.0. The number of aryl methyl sites for hydroxylation is 2. The van der Waals surface area contributed by atoms with Gasteiger partial charge in [0.15, 0.2) is 0 Å². The summed E-state index contributed by atoms with van der Waals surface area (Å²) in [5.74, 6) is 0.755. The Kier molecular flexibility index (Phi) is 6.65. The number of methoxy groups -OCH3 is 1. The highest BCUT2D eigenvalue weighted by Crippen LogP contribution is 2.28.